The van der Waals surface area contributed by atoms with Gasteiger partial charge in [-0.1, -0.05) is 31.5 Å². The minimum Gasteiger partial charge on any atom is -0.486 e. The second-order valence-corrected chi connectivity index (χ2v) is 12.8. The van der Waals surface area contributed by atoms with Crippen molar-refractivity contribution >= 4 is 33.1 Å². The summed E-state index contributed by atoms with van der Waals surface area (Å²) in [4.78, 5) is 10.8. The van der Waals surface area contributed by atoms with E-state index in [-0.39, 0.29) is 23.6 Å². The van der Waals surface area contributed by atoms with Crippen LogP contribution in [0, 0.1) is 17.7 Å². The summed E-state index contributed by atoms with van der Waals surface area (Å²) in [7, 11) is -3.27. The molecule has 0 saturated carbocycles. The standard InChI is InChI=1S/C26H32ClFN4O3S/c1-17(2)16-36(33,34)32-9-5-18(6-10-32)20-11-21-13-24(35-25(21)23(28)12-20)19-3-7-31(8-4-19)26-29-14-22(27)15-30-26/h5,11-12,14-15,17,19,24H,3-4,6-10,13,16H2,1-2H3. The van der Waals surface area contributed by atoms with E-state index < -0.39 is 10.0 Å². The molecule has 5 rings (SSSR count). The molecule has 1 atom stereocenters. The average molecular weight is 535 g/mol. The molecule has 2 aromatic rings. The van der Waals surface area contributed by atoms with Crippen LogP contribution in [-0.2, 0) is 16.4 Å². The largest absolute Gasteiger partial charge is 0.486 e. The summed E-state index contributed by atoms with van der Waals surface area (Å²) in [6, 6.07) is 3.56. The van der Waals surface area contributed by atoms with E-state index >= 15 is 4.39 Å². The number of sulfonamides is 1. The number of halogens is 2. The number of nitrogens with zero attached hydrogens (tertiary/aromatic N) is 4. The second-order valence-electron chi connectivity index (χ2n) is 10.3. The average Bonchev–Trinajstić information content (AvgIpc) is 3.29. The Bertz CT molecular complexity index is 1240. The van der Waals surface area contributed by atoms with Crippen molar-refractivity contribution in [1.29, 1.82) is 0 Å². The molecule has 1 fully saturated rings. The maximum absolute atomic E-state index is 15.1. The predicted octanol–water partition coefficient (Wildman–Crippen LogP) is 4.56. The van der Waals surface area contributed by atoms with Crippen LogP contribution >= 0.6 is 11.6 Å². The number of fused-ring (bicyclic) bond motifs is 1. The van der Waals surface area contributed by atoms with Crippen molar-refractivity contribution in [3.8, 4) is 5.75 Å². The molecule has 194 valence electrons. The first-order valence-electron chi connectivity index (χ1n) is 12.6. The zero-order chi connectivity index (χ0) is 25.4. The molecule has 10 heteroatoms. The fourth-order valence-electron chi connectivity index (χ4n) is 5.42. The van der Waals surface area contributed by atoms with Gasteiger partial charge in [0.05, 0.1) is 23.2 Å². The number of anilines is 1. The van der Waals surface area contributed by atoms with Crippen LogP contribution < -0.4 is 9.64 Å². The summed E-state index contributed by atoms with van der Waals surface area (Å²) in [5, 5.41) is 0.518. The van der Waals surface area contributed by atoms with Crippen LogP contribution in [0.1, 0.15) is 44.2 Å². The van der Waals surface area contributed by atoms with Gasteiger partial charge in [0.2, 0.25) is 16.0 Å². The first-order chi connectivity index (χ1) is 17.2. The third-order valence-corrected chi connectivity index (χ3v) is 9.65. The van der Waals surface area contributed by atoms with Gasteiger partial charge < -0.3 is 9.64 Å². The highest BCUT2D eigenvalue weighted by molar-refractivity contribution is 7.89. The molecule has 0 spiro atoms. The second kappa shape index (κ2) is 10.3. The summed E-state index contributed by atoms with van der Waals surface area (Å²) >= 11 is 5.90. The molecule has 0 bridgehead atoms. The number of benzene rings is 1. The van der Waals surface area contributed by atoms with E-state index in [9.17, 15) is 8.42 Å². The van der Waals surface area contributed by atoms with Crippen molar-refractivity contribution in [1.82, 2.24) is 14.3 Å². The van der Waals surface area contributed by atoms with Gasteiger partial charge in [-0.25, -0.2) is 22.8 Å². The normalized spacial score (nSPS) is 21.4. The monoisotopic (exact) mass is 534 g/mol. The maximum Gasteiger partial charge on any atom is 0.225 e. The van der Waals surface area contributed by atoms with Gasteiger partial charge in [0.1, 0.15) is 6.10 Å². The summed E-state index contributed by atoms with van der Waals surface area (Å²) in [5.74, 6) is 1.26. The van der Waals surface area contributed by atoms with Crippen LogP contribution in [0.5, 0.6) is 5.75 Å². The summed E-state index contributed by atoms with van der Waals surface area (Å²) in [5.41, 5.74) is 2.72. The fourth-order valence-corrected chi connectivity index (χ4v) is 7.25. The number of piperidine rings is 1. The van der Waals surface area contributed by atoms with Crippen LogP contribution in [0.25, 0.3) is 5.57 Å². The van der Waals surface area contributed by atoms with Crippen LogP contribution in [0.2, 0.25) is 5.02 Å². The number of hydrogen-bond donors (Lipinski definition) is 0. The fraction of sp³-hybridized carbons (Fsp3) is 0.538. The smallest absolute Gasteiger partial charge is 0.225 e. The van der Waals surface area contributed by atoms with Crippen molar-refractivity contribution in [3.63, 3.8) is 0 Å². The molecular weight excluding hydrogens is 503 g/mol. The van der Waals surface area contributed by atoms with Gasteiger partial charge in [-0.05, 0) is 54.4 Å². The Morgan fingerprint density at radius 2 is 1.89 bits per heavy atom. The Balaban J connectivity index is 1.23. The molecular formula is C26H32ClFN4O3S. The van der Waals surface area contributed by atoms with Crippen molar-refractivity contribution in [2.24, 2.45) is 11.8 Å². The van der Waals surface area contributed by atoms with Crippen molar-refractivity contribution in [3.05, 3.63) is 52.6 Å². The topological polar surface area (TPSA) is 75.6 Å². The van der Waals surface area contributed by atoms with Gasteiger partial charge in [0, 0.05) is 38.2 Å². The van der Waals surface area contributed by atoms with Gasteiger partial charge in [0.25, 0.3) is 0 Å². The molecule has 1 aromatic heterocycles. The van der Waals surface area contributed by atoms with E-state index in [0.29, 0.717) is 48.6 Å². The third kappa shape index (κ3) is 5.38. The molecule has 1 saturated heterocycles. The van der Waals surface area contributed by atoms with Gasteiger partial charge in [-0.15, -0.1) is 0 Å². The third-order valence-electron chi connectivity index (χ3n) is 7.25. The van der Waals surface area contributed by atoms with Gasteiger partial charge in [0.15, 0.2) is 11.6 Å². The first kappa shape index (κ1) is 25.4. The van der Waals surface area contributed by atoms with E-state index in [0.717, 1.165) is 42.6 Å². The first-order valence-corrected chi connectivity index (χ1v) is 14.6. The van der Waals surface area contributed by atoms with Crippen molar-refractivity contribution in [2.75, 3.05) is 36.8 Å². The van der Waals surface area contributed by atoms with E-state index in [1.165, 1.54) is 10.4 Å². The van der Waals surface area contributed by atoms with Crippen LogP contribution in [-0.4, -0.2) is 60.7 Å². The molecule has 3 aliphatic heterocycles. The van der Waals surface area contributed by atoms with E-state index in [1.807, 2.05) is 26.0 Å². The molecule has 0 N–H and O–H groups in total. The Labute approximate surface area is 217 Å². The molecule has 4 heterocycles. The molecule has 0 aliphatic carbocycles. The summed E-state index contributed by atoms with van der Waals surface area (Å²) < 4.78 is 47.8. The molecule has 36 heavy (non-hydrogen) atoms. The van der Waals surface area contributed by atoms with Crippen molar-refractivity contribution < 1.29 is 17.5 Å². The van der Waals surface area contributed by atoms with Gasteiger partial charge >= 0.3 is 0 Å². The Hall–Kier alpha value is -2.23. The Kier molecular flexibility index (Phi) is 7.25. The number of rotatable bonds is 6. The molecule has 0 radical (unpaired) electrons. The van der Waals surface area contributed by atoms with Crippen molar-refractivity contribution in [2.45, 2.75) is 45.6 Å². The lowest BCUT2D eigenvalue weighted by atomic mass is 9.88. The Morgan fingerprint density at radius 3 is 2.53 bits per heavy atom. The highest BCUT2D eigenvalue weighted by Crippen LogP contribution is 2.39. The molecule has 7 nitrogen and oxygen atoms in total. The quantitative estimate of drug-likeness (QED) is 0.540. The lowest BCUT2D eigenvalue weighted by molar-refractivity contribution is 0.134. The molecule has 1 aromatic carbocycles. The van der Waals surface area contributed by atoms with Crippen LogP contribution in [0.3, 0.4) is 0 Å². The van der Waals surface area contributed by atoms with Crippen LogP contribution in [0.15, 0.2) is 30.6 Å². The van der Waals surface area contributed by atoms with Gasteiger partial charge in [-0.2, -0.15) is 4.31 Å². The minimum atomic E-state index is -3.27. The predicted molar refractivity (Wildman–Crippen MR) is 139 cm³/mol. The maximum atomic E-state index is 15.1. The lowest BCUT2D eigenvalue weighted by Crippen LogP contribution is -2.40. The van der Waals surface area contributed by atoms with Gasteiger partial charge in [-0.3, -0.25) is 0 Å². The highest BCUT2D eigenvalue weighted by atomic mass is 35.5. The Morgan fingerprint density at radius 1 is 1.17 bits per heavy atom. The summed E-state index contributed by atoms with van der Waals surface area (Å²) in [6.45, 7) is 6.21. The zero-order valence-corrected chi connectivity index (χ0v) is 22.2. The zero-order valence-electron chi connectivity index (χ0n) is 20.7. The molecule has 1 unspecified atom stereocenters. The number of aromatic nitrogens is 2. The van der Waals surface area contributed by atoms with E-state index in [2.05, 4.69) is 14.9 Å². The highest BCUT2D eigenvalue weighted by Gasteiger charge is 2.35. The molecule has 3 aliphatic rings. The lowest BCUT2D eigenvalue weighted by Gasteiger charge is -2.34. The SMILES string of the molecule is CC(C)CS(=O)(=O)N1CC=C(c2cc(F)c3c(c2)CC(C2CCN(c4ncc(Cl)cn4)CC2)O3)CC1. The minimum absolute atomic E-state index is 0.0463. The number of ether oxygens (including phenoxy) is 1. The summed E-state index contributed by atoms with van der Waals surface area (Å²) in [6.07, 6.45) is 8.19. The molecule has 0 amide bonds. The van der Waals surface area contributed by atoms with E-state index in [4.69, 9.17) is 16.3 Å². The number of hydrogen-bond acceptors (Lipinski definition) is 6. The van der Waals surface area contributed by atoms with Crippen LogP contribution in [0.4, 0.5) is 10.3 Å². The van der Waals surface area contributed by atoms with E-state index in [1.54, 1.807) is 12.4 Å².